The molecule has 76 valence electrons. The molecule has 1 atom stereocenters. The van der Waals surface area contributed by atoms with Gasteiger partial charge in [0.05, 0.1) is 10.6 Å². The van der Waals surface area contributed by atoms with Gasteiger partial charge in [-0.25, -0.2) is 4.79 Å². The molecule has 0 aliphatic rings. The van der Waals surface area contributed by atoms with Crippen LogP contribution >= 0.6 is 11.6 Å². The Morgan fingerprint density at radius 1 is 1.57 bits per heavy atom. The van der Waals surface area contributed by atoms with Gasteiger partial charge in [-0.3, -0.25) is 0 Å². The van der Waals surface area contributed by atoms with E-state index in [0.29, 0.717) is 6.54 Å². The number of carbonyl (C=O) groups is 1. The van der Waals surface area contributed by atoms with Crippen LogP contribution in [0, 0.1) is 0 Å². The zero-order valence-electron chi connectivity index (χ0n) is 7.40. The lowest BCUT2D eigenvalue weighted by Gasteiger charge is -2.09. The number of aromatic carboxylic acids is 1. The molecule has 4 nitrogen and oxygen atoms in total. The molecule has 0 spiro atoms. The number of benzene rings is 1. The number of nitrogens with two attached hydrogens (primary N) is 2. The molecular weight excluding hydrogens is 204 g/mol. The molecule has 0 bridgehead atoms. The number of carboxylic acids is 1. The van der Waals surface area contributed by atoms with Gasteiger partial charge in [-0.2, -0.15) is 0 Å². The Labute approximate surface area is 86.5 Å². The topological polar surface area (TPSA) is 89.3 Å². The summed E-state index contributed by atoms with van der Waals surface area (Å²) in [6.07, 6.45) is 0. The molecular formula is C9H11ClN2O2. The maximum Gasteiger partial charge on any atom is 0.337 e. The molecule has 0 fully saturated rings. The minimum absolute atomic E-state index is 0.0691. The highest BCUT2D eigenvalue weighted by molar-refractivity contribution is 6.33. The fourth-order valence-corrected chi connectivity index (χ4v) is 1.34. The van der Waals surface area contributed by atoms with Gasteiger partial charge in [0.2, 0.25) is 0 Å². The molecule has 1 aromatic rings. The number of rotatable bonds is 3. The van der Waals surface area contributed by atoms with Gasteiger partial charge in [-0.15, -0.1) is 0 Å². The van der Waals surface area contributed by atoms with Gasteiger partial charge >= 0.3 is 5.97 Å². The van der Waals surface area contributed by atoms with E-state index in [2.05, 4.69) is 0 Å². The highest BCUT2D eigenvalue weighted by Crippen LogP contribution is 2.20. The summed E-state index contributed by atoms with van der Waals surface area (Å²) in [5.41, 5.74) is 11.8. The molecule has 1 rings (SSSR count). The molecule has 0 radical (unpaired) electrons. The predicted octanol–water partition coefficient (Wildman–Crippen LogP) is 0.997. The molecule has 5 N–H and O–H groups in total. The van der Waals surface area contributed by atoms with Gasteiger partial charge in [0.25, 0.3) is 0 Å². The lowest BCUT2D eigenvalue weighted by molar-refractivity contribution is 0.0697. The van der Waals surface area contributed by atoms with Crippen molar-refractivity contribution in [3.63, 3.8) is 0 Å². The van der Waals surface area contributed by atoms with Crippen LogP contribution in [0.5, 0.6) is 0 Å². The highest BCUT2D eigenvalue weighted by atomic mass is 35.5. The van der Waals surface area contributed by atoms with Crippen LogP contribution in [0.3, 0.4) is 0 Å². The van der Waals surface area contributed by atoms with Crippen LogP contribution in [0.2, 0.25) is 5.02 Å². The van der Waals surface area contributed by atoms with E-state index in [1.807, 2.05) is 0 Å². The van der Waals surface area contributed by atoms with Crippen LogP contribution in [0.15, 0.2) is 18.2 Å². The predicted molar refractivity (Wildman–Crippen MR) is 54.4 cm³/mol. The molecule has 14 heavy (non-hydrogen) atoms. The fraction of sp³-hybridized carbons (Fsp3) is 0.222. The largest absolute Gasteiger partial charge is 0.478 e. The highest BCUT2D eigenvalue weighted by Gasteiger charge is 2.11. The van der Waals surface area contributed by atoms with Gasteiger partial charge < -0.3 is 16.6 Å². The summed E-state index contributed by atoms with van der Waals surface area (Å²) in [7, 11) is 0. The number of carboxylic acid groups (broad SMARTS) is 1. The Morgan fingerprint density at radius 3 is 2.64 bits per heavy atom. The Hall–Kier alpha value is -1.10. The molecule has 0 saturated heterocycles. The summed E-state index contributed by atoms with van der Waals surface area (Å²) in [4.78, 5) is 10.6. The lowest BCUT2D eigenvalue weighted by atomic mass is 10.1. The molecule has 0 saturated carbocycles. The molecule has 1 aromatic carbocycles. The maximum atomic E-state index is 10.6. The zero-order chi connectivity index (χ0) is 10.7. The van der Waals surface area contributed by atoms with Crippen molar-refractivity contribution in [3.05, 3.63) is 34.3 Å². The first-order valence-corrected chi connectivity index (χ1v) is 4.42. The summed E-state index contributed by atoms with van der Waals surface area (Å²) >= 11 is 5.75. The van der Waals surface area contributed by atoms with Crippen LogP contribution in [0.1, 0.15) is 22.0 Å². The normalized spacial score (nSPS) is 12.5. The minimum Gasteiger partial charge on any atom is -0.478 e. The SMILES string of the molecule is NC[C@H](N)c1ccc(C(=O)O)c(Cl)c1. The third kappa shape index (κ3) is 2.23. The summed E-state index contributed by atoms with van der Waals surface area (Å²) < 4.78 is 0. The van der Waals surface area contributed by atoms with Gasteiger partial charge in [-0.05, 0) is 17.7 Å². The van der Waals surface area contributed by atoms with Crippen molar-refractivity contribution >= 4 is 17.6 Å². The van der Waals surface area contributed by atoms with E-state index in [0.717, 1.165) is 5.56 Å². The fourth-order valence-electron chi connectivity index (χ4n) is 1.07. The Bertz CT molecular complexity index is 355. The molecule has 0 heterocycles. The maximum absolute atomic E-state index is 10.6. The first-order valence-electron chi connectivity index (χ1n) is 4.04. The second kappa shape index (κ2) is 4.41. The van der Waals surface area contributed by atoms with Gasteiger partial charge in [-0.1, -0.05) is 17.7 Å². The van der Waals surface area contributed by atoms with E-state index < -0.39 is 5.97 Å². The second-order valence-corrected chi connectivity index (χ2v) is 3.29. The summed E-state index contributed by atoms with van der Waals surface area (Å²) in [6, 6.07) is 4.26. The van der Waals surface area contributed by atoms with Crippen molar-refractivity contribution < 1.29 is 9.90 Å². The van der Waals surface area contributed by atoms with Crippen LogP contribution in [-0.4, -0.2) is 17.6 Å². The monoisotopic (exact) mass is 214 g/mol. The lowest BCUT2D eigenvalue weighted by Crippen LogP contribution is -2.20. The molecule has 0 unspecified atom stereocenters. The van der Waals surface area contributed by atoms with E-state index in [1.54, 1.807) is 6.07 Å². The average molecular weight is 215 g/mol. The van der Waals surface area contributed by atoms with E-state index in [1.165, 1.54) is 12.1 Å². The quantitative estimate of drug-likeness (QED) is 0.700. The molecule has 5 heteroatoms. The first kappa shape index (κ1) is 11.0. The molecule has 0 aliphatic carbocycles. The summed E-state index contributed by atoms with van der Waals surface area (Å²) in [5.74, 6) is -1.05. The van der Waals surface area contributed by atoms with Crippen LogP contribution in [0.25, 0.3) is 0 Å². The van der Waals surface area contributed by atoms with E-state index in [4.69, 9.17) is 28.2 Å². The van der Waals surface area contributed by atoms with Crippen LogP contribution < -0.4 is 11.5 Å². The average Bonchev–Trinajstić information content (AvgIpc) is 2.15. The molecule has 0 amide bonds. The second-order valence-electron chi connectivity index (χ2n) is 2.89. The Kier molecular flexibility index (Phi) is 3.46. The number of hydrogen-bond acceptors (Lipinski definition) is 3. The standard InChI is InChI=1S/C9H11ClN2O2/c10-7-3-5(8(12)4-11)1-2-6(7)9(13)14/h1-3,8H,4,11-12H2,(H,13,14)/t8-/m0/s1. The van der Waals surface area contributed by atoms with E-state index in [-0.39, 0.29) is 16.6 Å². The third-order valence-electron chi connectivity index (χ3n) is 1.91. The molecule has 0 aliphatic heterocycles. The number of halogens is 1. The Balaban J connectivity index is 3.06. The molecule has 0 aromatic heterocycles. The van der Waals surface area contributed by atoms with Gasteiger partial charge in [0, 0.05) is 12.6 Å². The zero-order valence-corrected chi connectivity index (χ0v) is 8.16. The van der Waals surface area contributed by atoms with Crippen LogP contribution in [-0.2, 0) is 0 Å². The van der Waals surface area contributed by atoms with Crippen LogP contribution in [0.4, 0.5) is 0 Å². The summed E-state index contributed by atoms with van der Waals surface area (Å²) in [6.45, 7) is 0.294. The first-order chi connectivity index (χ1) is 6.56. The smallest absolute Gasteiger partial charge is 0.337 e. The summed E-state index contributed by atoms with van der Waals surface area (Å²) in [5, 5.41) is 8.89. The van der Waals surface area contributed by atoms with Crippen molar-refractivity contribution in [1.29, 1.82) is 0 Å². The van der Waals surface area contributed by atoms with Crippen molar-refractivity contribution in [2.75, 3.05) is 6.54 Å². The van der Waals surface area contributed by atoms with Gasteiger partial charge in [0.15, 0.2) is 0 Å². The third-order valence-corrected chi connectivity index (χ3v) is 2.22. The van der Waals surface area contributed by atoms with E-state index in [9.17, 15) is 4.79 Å². The van der Waals surface area contributed by atoms with Crippen molar-refractivity contribution in [3.8, 4) is 0 Å². The van der Waals surface area contributed by atoms with Gasteiger partial charge in [0.1, 0.15) is 0 Å². The van der Waals surface area contributed by atoms with E-state index >= 15 is 0 Å². The van der Waals surface area contributed by atoms with Crippen molar-refractivity contribution in [2.45, 2.75) is 6.04 Å². The number of hydrogen-bond donors (Lipinski definition) is 3. The Morgan fingerprint density at radius 2 is 2.21 bits per heavy atom. The van der Waals surface area contributed by atoms with Crippen molar-refractivity contribution in [1.82, 2.24) is 0 Å². The van der Waals surface area contributed by atoms with Crippen molar-refractivity contribution in [2.24, 2.45) is 11.5 Å². The minimum atomic E-state index is -1.05.